The van der Waals surface area contributed by atoms with Crippen LogP contribution in [0.2, 0.25) is 0 Å². The number of hydrogen-bond acceptors (Lipinski definition) is 5. The predicted octanol–water partition coefficient (Wildman–Crippen LogP) is 2.60. The van der Waals surface area contributed by atoms with Gasteiger partial charge in [-0.25, -0.2) is 0 Å². The van der Waals surface area contributed by atoms with Gasteiger partial charge >= 0.3 is 0 Å². The third kappa shape index (κ3) is 6.56. The van der Waals surface area contributed by atoms with Crippen LogP contribution in [-0.4, -0.2) is 28.8 Å². The first-order valence-electron chi connectivity index (χ1n) is 6.61. The lowest BCUT2D eigenvalue weighted by molar-refractivity contribution is 0.434. The zero-order chi connectivity index (χ0) is 14.3. The van der Waals surface area contributed by atoms with E-state index in [1.54, 1.807) is 6.07 Å². The lowest BCUT2D eigenvalue weighted by atomic mass is 10.1. The van der Waals surface area contributed by atoms with E-state index in [1.807, 2.05) is 25.1 Å². The fourth-order valence-electron chi connectivity index (χ4n) is 1.85. The van der Waals surface area contributed by atoms with Crippen LogP contribution in [0.15, 0.2) is 24.3 Å². The number of aromatic hydroxyl groups is 1. The van der Waals surface area contributed by atoms with Gasteiger partial charge in [-0.2, -0.15) is 25.3 Å². The molecule has 19 heavy (non-hydrogen) atoms. The summed E-state index contributed by atoms with van der Waals surface area (Å²) in [6, 6.07) is 7.53. The van der Waals surface area contributed by atoms with Gasteiger partial charge in [0.05, 0.1) is 4.08 Å². The van der Waals surface area contributed by atoms with Gasteiger partial charge in [0.15, 0.2) is 0 Å². The van der Waals surface area contributed by atoms with Crippen molar-refractivity contribution in [3.63, 3.8) is 0 Å². The first kappa shape index (κ1) is 16.7. The monoisotopic (exact) mass is 300 g/mol. The molecule has 1 unspecified atom stereocenters. The number of phenols is 1. The van der Waals surface area contributed by atoms with Gasteiger partial charge in [-0.3, -0.25) is 0 Å². The summed E-state index contributed by atoms with van der Waals surface area (Å²) in [7, 11) is 0. The highest BCUT2D eigenvalue weighted by Crippen LogP contribution is 2.23. The van der Waals surface area contributed by atoms with Gasteiger partial charge in [-0.1, -0.05) is 25.1 Å². The summed E-state index contributed by atoms with van der Waals surface area (Å²) in [4.78, 5) is 0. The smallest absolute Gasteiger partial charge is 0.120 e. The summed E-state index contributed by atoms with van der Waals surface area (Å²) in [5, 5.41) is 16.7. The molecule has 0 heterocycles. The average Bonchev–Trinajstić information content (AvgIpc) is 2.33. The van der Waals surface area contributed by atoms with Crippen molar-refractivity contribution in [1.29, 1.82) is 0 Å². The van der Waals surface area contributed by atoms with Crippen LogP contribution < -0.4 is 10.6 Å². The summed E-state index contributed by atoms with van der Waals surface area (Å²) in [5.74, 6) is 0.331. The minimum atomic E-state index is -0.339. The van der Waals surface area contributed by atoms with Crippen molar-refractivity contribution < 1.29 is 5.11 Å². The molecule has 1 atom stereocenters. The molecule has 3 nitrogen and oxygen atoms in total. The van der Waals surface area contributed by atoms with Gasteiger partial charge in [-0.15, -0.1) is 0 Å². The molecule has 1 aromatic rings. The first-order chi connectivity index (χ1) is 8.94. The van der Waals surface area contributed by atoms with Crippen molar-refractivity contribution in [3.05, 3.63) is 29.8 Å². The topological polar surface area (TPSA) is 44.3 Å². The second kappa shape index (κ2) is 8.04. The van der Waals surface area contributed by atoms with Crippen molar-refractivity contribution in [3.8, 4) is 5.75 Å². The Balaban J connectivity index is 2.64. The Labute approximate surface area is 127 Å². The second-order valence-electron chi connectivity index (χ2n) is 4.91. The van der Waals surface area contributed by atoms with Crippen LogP contribution >= 0.6 is 25.3 Å². The number of para-hydroxylation sites is 1. The zero-order valence-electron chi connectivity index (χ0n) is 11.6. The molecule has 1 aromatic carbocycles. The zero-order valence-corrected chi connectivity index (χ0v) is 13.3. The van der Waals surface area contributed by atoms with Crippen molar-refractivity contribution in [1.82, 2.24) is 10.6 Å². The number of nitrogens with one attached hydrogen (secondary N) is 2. The highest BCUT2D eigenvalue weighted by Gasteiger charge is 2.16. The molecule has 0 saturated heterocycles. The molecule has 0 spiro atoms. The Bertz CT molecular complexity index is 380. The van der Waals surface area contributed by atoms with E-state index in [1.165, 1.54) is 0 Å². The molecule has 1 rings (SSSR count). The third-order valence-electron chi connectivity index (χ3n) is 2.76. The fourth-order valence-corrected chi connectivity index (χ4v) is 2.07. The Kier molecular flexibility index (Phi) is 7.07. The Morgan fingerprint density at radius 2 is 2.00 bits per heavy atom. The van der Waals surface area contributed by atoms with Crippen molar-refractivity contribution in [2.24, 2.45) is 0 Å². The average molecular weight is 300 g/mol. The Morgan fingerprint density at radius 3 is 2.58 bits per heavy atom. The van der Waals surface area contributed by atoms with Gasteiger partial charge in [-0.05, 0) is 26.0 Å². The molecule has 0 saturated carbocycles. The lowest BCUT2D eigenvalue weighted by Gasteiger charge is -2.23. The number of benzene rings is 1. The molecule has 108 valence electrons. The Hall–Kier alpha value is -0.360. The summed E-state index contributed by atoms with van der Waals surface area (Å²) in [5.41, 5.74) is 0.920. The van der Waals surface area contributed by atoms with E-state index in [-0.39, 0.29) is 10.1 Å². The normalized spacial score (nSPS) is 13.5. The summed E-state index contributed by atoms with van der Waals surface area (Å²) < 4.78 is -0.339. The highest BCUT2D eigenvalue weighted by molar-refractivity contribution is 8.00. The molecule has 3 N–H and O–H groups in total. The third-order valence-corrected chi connectivity index (χ3v) is 3.08. The largest absolute Gasteiger partial charge is 0.508 e. The quantitative estimate of drug-likeness (QED) is 0.379. The predicted molar refractivity (Wildman–Crippen MR) is 88.4 cm³/mol. The molecule has 0 amide bonds. The van der Waals surface area contributed by atoms with E-state index in [0.29, 0.717) is 12.3 Å². The fraction of sp³-hybridized carbons (Fsp3) is 0.571. The maximum absolute atomic E-state index is 9.94. The van der Waals surface area contributed by atoms with Crippen molar-refractivity contribution >= 4 is 25.3 Å². The van der Waals surface area contributed by atoms with Gasteiger partial charge < -0.3 is 15.7 Å². The standard InChI is InChI=1S/C14H24N2OS2/c1-3-8-16-12(9-15-10-14(2,18)19)11-6-4-5-7-13(11)17/h4-7,12,15-19H,3,8-10H2,1-2H3. The van der Waals surface area contributed by atoms with Crippen LogP contribution in [0.3, 0.4) is 0 Å². The molecule has 0 aromatic heterocycles. The summed E-state index contributed by atoms with van der Waals surface area (Å²) in [6.45, 7) is 6.41. The molecule has 0 aliphatic carbocycles. The van der Waals surface area contributed by atoms with E-state index in [9.17, 15) is 5.11 Å². The van der Waals surface area contributed by atoms with Gasteiger partial charge in [0.25, 0.3) is 0 Å². The molecule has 0 aliphatic rings. The van der Waals surface area contributed by atoms with Gasteiger partial charge in [0.1, 0.15) is 5.75 Å². The molecule has 0 fully saturated rings. The van der Waals surface area contributed by atoms with Crippen LogP contribution in [0.25, 0.3) is 0 Å². The van der Waals surface area contributed by atoms with Crippen LogP contribution in [0, 0.1) is 0 Å². The van der Waals surface area contributed by atoms with E-state index in [0.717, 1.165) is 25.1 Å². The molecule has 0 aliphatic heterocycles. The number of hydrogen-bond donors (Lipinski definition) is 5. The maximum atomic E-state index is 9.94. The van der Waals surface area contributed by atoms with E-state index in [2.05, 4.69) is 42.8 Å². The van der Waals surface area contributed by atoms with E-state index in [4.69, 9.17) is 0 Å². The van der Waals surface area contributed by atoms with Crippen molar-refractivity contribution in [2.45, 2.75) is 30.4 Å². The SMILES string of the molecule is CCCNC(CNCC(C)(S)S)c1ccccc1O. The summed E-state index contributed by atoms with van der Waals surface area (Å²) >= 11 is 8.73. The minimum Gasteiger partial charge on any atom is -0.508 e. The molecule has 5 heteroatoms. The molecule has 0 bridgehead atoms. The lowest BCUT2D eigenvalue weighted by Crippen LogP contribution is -2.36. The molecular weight excluding hydrogens is 276 g/mol. The number of phenolic OH excluding ortho intramolecular Hbond substituents is 1. The second-order valence-corrected chi connectivity index (χ2v) is 7.24. The van der Waals surface area contributed by atoms with Gasteiger partial charge in [0, 0.05) is 24.7 Å². The van der Waals surface area contributed by atoms with E-state index >= 15 is 0 Å². The van der Waals surface area contributed by atoms with Crippen LogP contribution in [0.1, 0.15) is 31.9 Å². The first-order valence-corrected chi connectivity index (χ1v) is 7.50. The molecular formula is C14H24N2OS2. The maximum Gasteiger partial charge on any atom is 0.120 e. The molecule has 0 radical (unpaired) electrons. The highest BCUT2D eigenvalue weighted by atomic mass is 32.2. The number of rotatable bonds is 8. The number of thiol groups is 2. The van der Waals surface area contributed by atoms with E-state index < -0.39 is 0 Å². The van der Waals surface area contributed by atoms with Crippen LogP contribution in [0.4, 0.5) is 0 Å². The minimum absolute atomic E-state index is 0.0881. The summed E-state index contributed by atoms with van der Waals surface area (Å²) in [6.07, 6.45) is 1.06. The van der Waals surface area contributed by atoms with Gasteiger partial charge in [0.2, 0.25) is 0 Å². The van der Waals surface area contributed by atoms with Crippen LogP contribution in [-0.2, 0) is 0 Å². The van der Waals surface area contributed by atoms with Crippen LogP contribution in [0.5, 0.6) is 5.75 Å². The Morgan fingerprint density at radius 1 is 1.32 bits per heavy atom. The van der Waals surface area contributed by atoms with Crippen molar-refractivity contribution in [2.75, 3.05) is 19.6 Å².